The molecule has 0 saturated carbocycles. The van der Waals surface area contributed by atoms with Crippen molar-refractivity contribution in [2.24, 2.45) is 5.73 Å². The van der Waals surface area contributed by atoms with E-state index in [1.165, 1.54) is 31.5 Å². The molecule has 1 aliphatic heterocycles. The Kier molecular flexibility index (Phi) is 6.21. The third-order valence-electron chi connectivity index (χ3n) is 4.03. The molecule has 1 aromatic carbocycles. The van der Waals surface area contributed by atoms with Crippen LogP contribution in [0.4, 0.5) is 5.69 Å². The number of likely N-dealkylation sites (tertiary alicyclic amines) is 1. The van der Waals surface area contributed by atoms with Crippen molar-refractivity contribution in [1.29, 1.82) is 0 Å². The van der Waals surface area contributed by atoms with E-state index in [0.717, 1.165) is 31.5 Å². The van der Waals surface area contributed by atoms with Gasteiger partial charge in [0.25, 0.3) is 0 Å². The van der Waals surface area contributed by atoms with Crippen LogP contribution in [0.2, 0.25) is 0 Å². The van der Waals surface area contributed by atoms with E-state index in [1.807, 2.05) is 12.1 Å². The number of hydrogen-bond acceptors (Lipinski definition) is 3. The standard InChI is InChI=1S/C17H27N3O/c1-2-3-6-16(18)17(21)19-15-9-7-14(8-10-15)13-20-11-4-5-12-20/h7-10,16H,2-6,11-13,18H2,1H3,(H,19,21)/t16-/m0/s1. The molecule has 1 saturated heterocycles. The van der Waals surface area contributed by atoms with E-state index in [1.54, 1.807) is 0 Å². The summed E-state index contributed by atoms with van der Waals surface area (Å²) in [4.78, 5) is 14.4. The Morgan fingerprint density at radius 2 is 1.95 bits per heavy atom. The van der Waals surface area contributed by atoms with Crippen LogP contribution in [0, 0.1) is 0 Å². The molecule has 0 spiro atoms. The van der Waals surface area contributed by atoms with Crippen LogP contribution in [-0.2, 0) is 11.3 Å². The molecule has 21 heavy (non-hydrogen) atoms. The minimum Gasteiger partial charge on any atom is -0.325 e. The summed E-state index contributed by atoms with van der Waals surface area (Å²) in [6, 6.07) is 7.71. The number of carbonyl (C=O) groups is 1. The van der Waals surface area contributed by atoms with Gasteiger partial charge in [0, 0.05) is 12.2 Å². The summed E-state index contributed by atoms with van der Waals surface area (Å²) in [7, 11) is 0. The second kappa shape index (κ2) is 8.15. The predicted octanol–water partition coefficient (Wildman–Crippen LogP) is 2.74. The Hall–Kier alpha value is -1.39. The van der Waals surface area contributed by atoms with Gasteiger partial charge in [0.2, 0.25) is 5.91 Å². The largest absolute Gasteiger partial charge is 0.325 e. The number of benzene rings is 1. The monoisotopic (exact) mass is 289 g/mol. The van der Waals surface area contributed by atoms with Gasteiger partial charge in [-0.15, -0.1) is 0 Å². The zero-order chi connectivity index (χ0) is 15.1. The lowest BCUT2D eigenvalue weighted by molar-refractivity contribution is -0.117. The summed E-state index contributed by atoms with van der Waals surface area (Å²) in [5, 5.41) is 2.89. The average molecular weight is 289 g/mol. The Labute approximate surface area is 127 Å². The van der Waals surface area contributed by atoms with Crippen molar-refractivity contribution < 1.29 is 4.79 Å². The van der Waals surface area contributed by atoms with Crippen molar-refractivity contribution in [2.45, 2.75) is 51.6 Å². The zero-order valence-electron chi connectivity index (χ0n) is 13.0. The first-order valence-corrected chi connectivity index (χ1v) is 8.07. The molecule has 3 N–H and O–H groups in total. The number of rotatable bonds is 7. The number of amides is 1. The molecule has 2 rings (SSSR count). The zero-order valence-corrected chi connectivity index (χ0v) is 13.0. The molecule has 0 aliphatic carbocycles. The fraction of sp³-hybridized carbons (Fsp3) is 0.588. The molecule has 1 fully saturated rings. The van der Waals surface area contributed by atoms with Crippen molar-refractivity contribution in [3.63, 3.8) is 0 Å². The highest BCUT2D eigenvalue weighted by atomic mass is 16.2. The van der Waals surface area contributed by atoms with E-state index in [9.17, 15) is 4.79 Å². The third-order valence-corrected chi connectivity index (χ3v) is 4.03. The molecule has 116 valence electrons. The van der Waals surface area contributed by atoms with Gasteiger partial charge in [0.05, 0.1) is 6.04 Å². The molecule has 1 aromatic rings. The summed E-state index contributed by atoms with van der Waals surface area (Å²) in [6.45, 7) is 5.50. The van der Waals surface area contributed by atoms with Crippen LogP contribution in [0.1, 0.15) is 44.6 Å². The summed E-state index contributed by atoms with van der Waals surface area (Å²) in [5.74, 6) is -0.0873. The van der Waals surface area contributed by atoms with Crippen LogP contribution in [0.3, 0.4) is 0 Å². The average Bonchev–Trinajstić information content (AvgIpc) is 2.99. The molecule has 0 aromatic heterocycles. The first kappa shape index (κ1) is 16.0. The van der Waals surface area contributed by atoms with Gasteiger partial charge >= 0.3 is 0 Å². The number of anilines is 1. The van der Waals surface area contributed by atoms with Crippen LogP contribution < -0.4 is 11.1 Å². The van der Waals surface area contributed by atoms with Crippen LogP contribution >= 0.6 is 0 Å². The quantitative estimate of drug-likeness (QED) is 0.811. The highest BCUT2D eigenvalue weighted by Crippen LogP contribution is 2.15. The molecule has 4 heteroatoms. The van der Waals surface area contributed by atoms with Crippen molar-refractivity contribution >= 4 is 11.6 Å². The molecule has 1 atom stereocenters. The second-order valence-corrected chi connectivity index (χ2v) is 5.92. The lowest BCUT2D eigenvalue weighted by Gasteiger charge is -2.15. The van der Waals surface area contributed by atoms with E-state index in [4.69, 9.17) is 5.73 Å². The Balaban J connectivity index is 1.82. The Morgan fingerprint density at radius 1 is 1.29 bits per heavy atom. The molecule has 4 nitrogen and oxygen atoms in total. The van der Waals surface area contributed by atoms with Gasteiger partial charge in [-0.1, -0.05) is 31.9 Å². The van der Waals surface area contributed by atoms with Gasteiger partial charge in [-0.2, -0.15) is 0 Å². The molecule has 1 heterocycles. The topological polar surface area (TPSA) is 58.4 Å². The highest BCUT2D eigenvalue weighted by Gasteiger charge is 2.14. The van der Waals surface area contributed by atoms with E-state index in [-0.39, 0.29) is 5.91 Å². The maximum absolute atomic E-state index is 11.9. The van der Waals surface area contributed by atoms with Crippen molar-refractivity contribution in [1.82, 2.24) is 4.90 Å². The number of nitrogens with two attached hydrogens (primary N) is 1. The van der Waals surface area contributed by atoms with E-state index >= 15 is 0 Å². The third kappa shape index (κ3) is 5.14. The lowest BCUT2D eigenvalue weighted by Crippen LogP contribution is -2.35. The molecule has 0 bridgehead atoms. The Morgan fingerprint density at radius 3 is 2.57 bits per heavy atom. The maximum Gasteiger partial charge on any atom is 0.241 e. The van der Waals surface area contributed by atoms with Crippen molar-refractivity contribution in [3.05, 3.63) is 29.8 Å². The predicted molar refractivity (Wildman–Crippen MR) is 87.1 cm³/mol. The number of hydrogen-bond donors (Lipinski definition) is 2. The van der Waals surface area contributed by atoms with E-state index in [2.05, 4.69) is 29.3 Å². The number of carbonyl (C=O) groups excluding carboxylic acids is 1. The lowest BCUT2D eigenvalue weighted by atomic mass is 10.1. The fourth-order valence-electron chi connectivity index (χ4n) is 2.68. The summed E-state index contributed by atoms with van der Waals surface area (Å²) in [6.07, 6.45) is 5.42. The maximum atomic E-state index is 11.9. The summed E-state index contributed by atoms with van der Waals surface area (Å²) >= 11 is 0. The van der Waals surface area contributed by atoms with Gasteiger partial charge in [-0.3, -0.25) is 9.69 Å². The Bertz CT molecular complexity index is 438. The molecular formula is C17H27N3O. The van der Waals surface area contributed by atoms with Gasteiger partial charge in [0.15, 0.2) is 0 Å². The molecule has 0 unspecified atom stereocenters. The molecule has 1 aliphatic rings. The van der Waals surface area contributed by atoms with Crippen LogP contribution in [0.25, 0.3) is 0 Å². The SMILES string of the molecule is CCCC[C@H](N)C(=O)Nc1ccc(CN2CCCC2)cc1. The van der Waals surface area contributed by atoms with Gasteiger partial charge in [0.1, 0.15) is 0 Å². The number of nitrogens with zero attached hydrogens (tertiary/aromatic N) is 1. The minimum absolute atomic E-state index is 0.0873. The first-order valence-electron chi connectivity index (χ1n) is 8.07. The number of nitrogens with one attached hydrogen (secondary N) is 1. The number of unbranched alkanes of at least 4 members (excludes halogenated alkanes) is 1. The fourth-order valence-corrected chi connectivity index (χ4v) is 2.68. The van der Waals surface area contributed by atoms with Gasteiger partial charge < -0.3 is 11.1 Å². The second-order valence-electron chi connectivity index (χ2n) is 5.92. The van der Waals surface area contributed by atoms with Gasteiger partial charge in [-0.05, 0) is 50.0 Å². The molecule has 1 amide bonds. The molecular weight excluding hydrogens is 262 g/mol. The smallest absolute Gasteiger partial charge is 0.241 e. The molecule has 0 radical (unpaired) electrons. The normalized spacial score (nSPS) is 16.9. The van der Waals surface area contributed by atoms with Crippen molar-refractivity contribution in [2.75, 3.05) is 18.4 Å². The van der Waals surface area contributed by atoms with Crippen LogP contribution in [-0.4, -0.2) is 29.9 Å². The van der Waals surface area contributed by atoms with Gasteiger partial charge in [-0.25, -0.2) is 0 Å². The van der Waals surface area contributed by atoms with Crippen molar-refractivity contribution in [3.8, 4) is 0 Å². The minimum atomic E-state index is -0.408. The van der Waals surface area contributed by atoms with Crippen LogP contribution in [0.5, 0.6) is 0 Å². The van der Waals surface area contributed by atoms with E-state index < -0.39 is 6.04 Å². The summed E-state index contributed by atoms with van der Waals surface area (Å²) < 4.78 is 0. The van der Waals surface area contributed by atoms with Crippen LogP contribution in [0.15, 0.2) is 24.3 Å². The van der Waals surface area contributed by atoms with E-state index in [0.29, 0.717) is 0 Å². The summed E-state index contributed by atoms with van der Waals surface area (Å²) in [5.41, 5.74) is 8.00. The first-order chi connectivity index (χ1) is 10.2. The highest BCUT2D eigenvalue weighted by molar-refractivity contribution is 5.94.